The van der Waals surface area contributed by atoms with E-state index in [-0.39, 0.29) is 24.0 Å². The quantitative estimate of drug-likeness (QED) is 0.378. The predicted molar refractivity (Wildman–Crippen MR) is 121 cm³/mol. The molecule has 0 bridgehead atoms. The van der Waals surface area contributed by atoms with E-state index in [1.807, 2.05) is 0 Å². The Balaban J connectivity index is 0.00000243. The van der Waals surface area contributed by atoms with E-state index in [1.54, 1.807) is 0 Å². The Morgan fingerprint density at radius 1 is 1.19 bits per heavy atom. The maximum atomic E-state index is 4.85. The van der Waals surface area contributed by atoms with E-state index in [4.69, 9.17) is 4.99 Å². The largest absolute Gasteiger partial charge is 0.357 e. The molecule has 1 saturated heterocycles. The number of piperidine rings is 1. The van der Waals surface area contributed by atoms with Crippen molar-refractivity contribution >= 4 is 29.9 Å². The fourth-order valence-corrected chi connectivity index (χ4v) is 3.52. The Labute approximate surface area is 176 Å². The van der Waals surface area contributed by atoms with Crippen molar-refractivity contribution in [2.45, 2.75) is 52.6 Å². The third kappa shape index (κ3) is 6.72. The zero-order chi connectivity index (χ0) is 17.6. The Morgan fingerprint density at radius 2 is 1.85 bits per heavy atom. The average Bonchev–Trinajstić information content (AvgIpc) is 3.31. The summed E-state index contributed by atoms with van der Waals surface area (Å²) in [5.74, 6) is 2.54. The molecule has 1 aliphatic carbocycles. The topological polar surface area (TPSA) is 39.7 Å². The molecule has 1 aromatic rings. The van der Waals surface area contributed by atoms with Gasteiger partial charge in [0.05, 0.1) is 0 Å². The summed E-state index contributed by atoms with van der Waals surface area (Å²) >= 11 is 0. The molecule has 1 aliphatic heterocycles. The van der Waals surface area contributed by atoms with E-state index in [1.165, 1.54) is 43.5 Å². The van der Waals surface area contributed by atoms with Crippen molar-refractivity contribution in [3.63, 3.8) is 0 Å². The van der Waals surface area contributed by atoms with Gasteiger partial charge in [-0.2, -0.15) is 0 Å². The van der Waals surface area contributed by atoms with Crippen molar-refractivity contribution in [1.29, 1.82) is 0 Å². The molecule has 0 aromatic heterocycles. The summed E-state index contributed by atoms with van der Waals surface area (Å²) in [5.41, 5.74) is 2.77. The minimum Gasteiger partial charge on any atom is -0.357 e. The van der Waals surface area contributed by atoms with Crippen molar-refractivity contribution < 1.29 is 0 Å². The fourth-order valence-electron chi connectivity index (χ4n) is 3.52. The molecule has 2 fully saturated rings. The third-order valence-corrected chi connectivity index (χ3v) is 5.52. The number of hydrogen-bond donors (Lipinski definition) is 2. The van der Waals surface area contributed by atoms with Gasteiger partial charge in [0.2, 0.25) is 0 Å². The number of aliphatic imine (C=N–C) groups is 1. The molecule has 2 atom stereocenters. The summed E-state index contributed by atoms with van der Waals surface area (Å²) in [4.78, 5) is 7.43. The molecular weight excluding hydrogens is 435 g/mol. The lowest BCUT2D eigenvalue weighted by Crippen LogP contribution is -2.40. The second-order valence-electron chi connectivity index (χ2n) is 7.89. The normalized spacial score (nSPS) is 24.0. The van der Waals surface area contributed by atoms with Gasteiger partial charge in [0.15, 0.2) is 5.96 Å². The van der Waals surface area contributed by atoms with Crippen LogP contribution in [0.1, 0.15) is 44.2 Å². The van der Waals surface area contributed by atoms with Gasteiger partial charge in [0.1, 0.15) is 0 Å². The number of nitrogens with zero attached hydrogens (tertiary/aromatic N) is 2. The molecule has 5 heteroatoms. The van der Waals surface area contributed by atoms with Crippen LogP contribution in [0, 0.1) is 18.8 Å². The predicted octanol–water partition coefficient (Wildman–Crippen LogP) is 3.79. The van der Waals surface area contributed by atoms with Crippen molar-refractivity contribution in [3.8, 4) is 0 Å². The Bertz CT molecular complexity index is 564. The van der Waals surface area contributed by atoms with Crippen molar-refractivity contribution in [2.24, 2.45) is 16.8 Å². The minimum atomic E-state index is 0. The lowest BCUT2D eigenvalue weighted by Gasteiger charge is -2.31. The molecule has 1 heterocycles. The molecule has 0 radical (unpaired) electrons. The first-order chi connectivity index (χ1) is 12.1. The number of benzene rings is 1. The van der Waals surface area contributed by atoms with Gasteiger partial charge in [-0.25, -0.2) is 0 Å². The number of hydrogen-bond acceptors (Lipinski definition) is 2. The number of guanidine groups is 1. The van der Waals surface area contributed by atoms with Crippen LogP contribution in [-0.2, 0) is 6.54 Å². The Morgan fingerprint density at radius 3 is 2.42 bits per heavy atom. The fraction of sp³-hybridized carbons (Fsp3) is 0.667. The number of halogens is 1. The molecule has 2 N–H and O–H groups in total. The summed E-state index contributed by atoms with van der Waals surface area (Å²) in [7, 11) is 0. The average molecular weight is 470 g/mol. The molecule has 1 saturated carbocycles. The zero-order valence-corrected chi connectivity index (χ0v) is 18.8. The molecule has 146 valence electrons. The number of aryl methyl sites for hydroxylation is 1. The van der Waals surface area contributed by atoms with Crippen LogP contribution in [0.3, 0.4) is 0 Å². The van der Waals surface area contributed by atoms with Gasteiger partial charge in [-0.1, -0.05) is 36.8 Å². The van der Waals surface area contributed by atoms with Gasteiger partial charge in [-0.15, -0.1) is 24.0 Å². The molecule has 4 nitrogen and oxygen atoms in total. The molecular formula is C21H35IN4. The monoisotopic (exact) mass is 470 g/mol. The Hall–Kier alpha value is -0.820. The van der Waals surface area contributed by atoms with Gasteiger partial charge in [-0.05, 0) is 63.6 Å². The van der Waals surface area contributed by atoms with Crippen molar-refractivity contribution in [3.05, 3.63) is 35.4 Å². The first kappa shape index (κ1) is 21.5. The third-order valence-electron chi connectivity index (χ3n) is 5.52. The zero-order valence-electron chi connectivity index (χ0n) is 16.5. The van der Waals surface area contributed by atoms with Crippen LogP contribution in [0.4, 0.5) is 0 Å². The first-order valence-corrected chi connectivity index (χ1v) is 9.96. The highest BCUT2D eigenvalue weighted by Crippen LogP contribution is 2.28. The van der Waals surface area contributed by atoms with Crippen LogP contribution >= 0.6 is 24.0 Å². The minimum absolute atomic E-state index is 0. The molecule has 0 spiro atoms. The second kappa shape index (κ2) is 10.5. The summed E-state index contributed by atoms with van der Waals surface area (Å²) in [6, 6.07) is 9.59. The van der Waals surface area contributed by atoms with Gasteiger partial charge < -0.3 is 10.6 Å². The van der Waals surface area contributed by atoms with Crippen LogP contribution in [0.5, 0.6) is 0 Å². The molecule has 26 heavy (non-hydrogen) atoms. The number of nitrogens with one attached hydrogen (secondary N) is 2. The van der Waals surface area contributed by atoms with Gasteiger partial charge >= 0.3 is 0 Å². The molecule has 0 amide bonds. The van der Waals surface area contributed by atoms with Crippen LogP contribution in [0.2, 0.25) is 0 Å². The smallest absolute Gasteiger partial charge is 0.191 e. The summed E-state index contributed by atoms with van der Waals surface area (Å²) in [6.07, 6.45) is 3.80. The summed E-state index contributed by atoms with van der Waals surface area (Å²) in [5, 5.41) is 6.94. The standard InChI is InChI=1S/C21H34N4.HI/c1-4-22-21(24-20-13-17(20)3)23-14-18-9-11-25(12-10-18)15-19-7-5-16(2)6-8-19;/h5-8,17-18,20H,4,9-15H2,1-3H3,(H2,22,23,24);1H. The van der Waals surface area contributed by atoms with Crippen LogP contribution in [0.25, 0.3) is 0 Å². The number of likely N-dealkylation sites (tertiary alicyclic amines) is 1. The summed E-state index contributed by atoms with van der Waals surface area (Å²) < 4.78 is 0. The maximum absolute atomic E-state index is 4.85. The lowest BCUT2D eigenvalue weighted by molar-refractivity contribution is 0.180. The number of rotatable bonds is 6. The van der Waals surface area contributed by atoms with E-state index >= 15 is 0 Å². The Kier molecular flexibility index (Phi) is 8.67. The highest BCUT2D eigenvalue weighted by atomic mass is 127. The second-order valence-corrected chi connectivity index (χ2v) is 7.89. The first-order valence-electron chi connectivity index (χ1n) is 9.96. The van der Waals surface area contributed by atoms with Crippen molar-refractivity contribution in [1.82, 2.24) is 15.5 Å². The summed E-state index contributed by atoms with van der Waals surface area (Å²) in [6.45, 7) is 11.9. The SMILES string of the molecule is CCNC(=NCC1CCN(Cc2ccc(C)cc2)CC1)NC1CC1C.I. The molecule has 3 rings (SSSR count). The van der Waals surface area contributed by atoms with Gasteiger partial charge in [-0.3, -0.25) is 9.89 Å². The van der Waals surface area contributed by atoms with E-state index in [0.717, 1.165) is 37.4 Å². The van der Waals surface area contributed by atoms with E-state index in [2.05, 4.69) is 60.6 Å². The van der Waals surface area contributed by atoms with E-state index in [0.29, 0.717) is 6.04 Å². The molecule has 2 unspecified atom stereocenters. The van der Waals surface area contributed by atoms with E-state index in [9.17, 15) is 0 Å². The molecule has 2 aliphatic rings. The van der Waals surface area contributed by atoms with Gasteiger partial charge in [0, 0.05) is 25.7 Å². The molecule has 1 aromatic carbocycles. The highest BCUT2D eigenvalue weighted by molar-refractivity contribution is 14.0. The van der Waals surface area contributed by atoms with Crippen molar-refractivity contribution in [2.75, 3.05) is 26.2 Å². The van der Waals surface area contributed by atoms with Gasteiger partial charge in [0.25, 0.3) is 0 Å². The van der Waals surface area contributed by atoms with Crippen LogP contribution in [-0.4, -0.2) is 43.1 Å². The van der Waals surface area contributed by atoms with E-state index < -0.39 is 0 Å². The van der Waals surface area contributed by atoms with Crippen LogP contribution in [0.15, 0.2) is 29.3 Å². The maximum Gasteiger partial charge on any atom is 0.191 e. The van der Waals surface area contributed by atoms with Crippen LogP contribution < -0.4 is 10.6 Å². The highest BCUT2D eigenvalue weighted by Gasteiger charge is 2.33. The lowest BCUT2D eigenvalue weighted by atomic mass is 9.96.